The van der Waals surface area contributed by atoms with E-state index in [4.69, 9.17) is 9.47 Å². The van der Waals surface area contributed by atoms with E-state index < -0.39 is 0 Å². The molecule has 0 aromatic heterocycles. The van der Waals surface area contributed by atoms with Gasteiger partial charge in [-0.3, -0.25) is 0 Å². The van der Waals surface area contributed by atoms with Gasteiger partial charge in [0, 0.05) is 12.6 Å². The van der Waals surface area contributed by atoms with Gasteiger partial charge in [-0.1, -0.05) is 45.0 Å². The SMILES string of the molecule is COc1ccccc1OCCNC(c1ccc(F)cc1)C(C)(C)C. The standard InChI is InChI=1S/C20H26FNO2/c1-20(2,3)19(15-9-11-16(21)12-10-15)22-13-14-24-18-8-6-5-7-17(18)23-4/h5-12,19,22H,13-14H2,1-4H3. The van der Waals surface area contributed by atoms with Crippen LogP contribution in [0, 0.1) is 11.2 Å². The fraction of sp³-hybridized carbons (Fsp3) is 0.400. The first-order chi connectivity index (χ1) is 11.4. The molecule has 2 aromatic rings. The van der Waals surface area contributed by atoms with Crippen LogP contribution in [0.3, 0.4) is 0 Å². The van der Waals surface area contributed by atoms with E-state index in [0.717, 1.165) is 17.1 Å². The van der Waals surface area contributed by atoms with Gasteiger partial charge in [0.1, 0.15) is 12.4 Å². The van der Waals surface area contributed by atoms with Crippen LogP contribution in [0.1, 0.15) is 32.4 Å². The van der Waals surface area contributed by atoms with Gasteiger partial charge in [0.05, 0.1) is 7.11 Å². The first-order valence-electron chi connectivity index (χ1n) is 8.16. The Morgan fingerprint density at radius 1 is 1.00 bits per heavy atom. The third-order valence-electron chi connectivity index (χ3n) is 3.85. The third-order valence-corrected chi connectivity index (χ3v) is 3.85. The van der Waals surface area contributed by atoms with Gasteiger partial charge < -0.3 is 14.8 Å². The normalized spacial score (nSPS) is 12.7. The first kappa shape index (κ1) is 18.3. The molecular weight excluding hydrogens is 305 g/mol. The van der Waals surface area contributed by atoms with Gasteiger partial charge in [-0.25, -0.2) is 4.39 Å². The molecule has 0 aliphatic carbocycles. The van der Waals surface area contributed by atoms with E-state index in [0.29, 0.717) is 13.2 Å². The Morgan fingerprint density at radius 3 is 2.21 bits per heavy atom. The molecule has 2 aromatic carbocycles. The summed E-state index contributed by atoms with van der Waals surface area (Å²) < 4.78 is 24.2. The van der Waals surface area contributed by atoms with Crippen LogP contribution >= 0.6 is 0 Å². The van der Waals surface area contributed by atoms with Crippen molar-refractivity contribution in [2.75, 3.05) is 20.3 Å². The number of hydrogen-bond acceptors (Lipinski definition) is 3. The Labute approximate surface area is 143 Å². The molecule has 24 heavy (non-hydrogen) atoms. The number of benzene rings is 2. The highest BCUT2D eigenvalue weighted by atomic mass is 19.1. The van der Waals surface area contributed by atoms with Crippen molar-refractivity contribution in [3.8, 4) is 11.5 Å². The minimum Gasteiger partial charge on any atom is -0.493 e. The quantitative estimate of drug-likeness (QED) is 0.753. The lowest BCUT2D eigenvalue weighted by Gasteiger charge is -2.32. The Bertz CT molecular complexity index is 635. The maximum atomic E-state index is 13.2. The topological polar surface area (TPSA) is 30.5 Å². The molecule has 2 rings (SSSR count). The zero-order chi connectivity index (χ0) is 17.6. The number of halogens is 1. The molecule has 0 heterocycles. The van der Waals surface area contributed by atoms with Crippen molar-refractivity contribution in [1.29, 1.82) is 0 Å². The zero-order valence-electron chi connectivity index (χ0n) is 14.8. The van der Waals surface area contributed by atoms with E-state index in [2.05, 4.69) is 26.1 Å². The molecule has 0 spiro atoms. The molecule has 0 fully saturated rings. The number of hydrogen-bond donors (Lipinski definition) is 1. The van der Waals surface area contributed by atoms with Crippen molar-refractivity contribution >= 4 is 0 Å². The first-order valence-corrected chi connectivity index (χ1v) is 8.16. The van der Waals surface area contributed by atoms with Crippen LogP contribution < -0.4 is 14.8 Å². The average Bonchev–Trinajstić information content (AvgIpc) is 2.55. The summed E-state index contributed by atoms with van der Waals surface area (Å²) in [7, 11) is 1.63. The summed E-state index contributed by atoms with van der Waals surface area (Å²) in [6.07, 6.45) is 0. The summed E-state index contributed by atoms with van der Waals surface area (Å²) in [5, 5.41) is 3.51. The largest absolute Gasteiger partial charge is 0.493 e. The Hall–Kier alpha value is -2.07. The number of rotatable bonds is 7. The maximum absolute atomic E-state index is 13.2. The lowest BCUT2D eigenvalue weighted by atomic mass is 9.82. The van der Waals surface area contributed by atoms with Crippen LogP contribution in [0.5, 0.6) is 11.5 Å². The Balaban J connectivity index is 1.95. The molecule has 0 aliphatic rings. The van der Waals surface area contributed by atoms with Gasteiger partial charge in [0.25, 0.3) is 0 Å². The summed E-state index contributed by atoms with van der Waals surface area (Å²) in [6, 6.07) is 14.4. The second-order valence-electron chi connectivity index (χ2n) is 6.80. The smallest absolute Gasteiger partial charge is 0.161 e. The van der Waals surface area contributed by atoms with E-state index >= 15 is 0 Å². The predicted octanol–water partition coefficient (Wildman–Crippen LogP) is 4.59. The average molecular weight is 331 g/mol. The van der Waals surface area contributed by atoms with E-state index in [9.17, 15) is 4.39 Å². The molecule has 0 radical (unpaired) electrons. The zero-order valence-corrected chi connectivity index (χ0v) is 14.8. The van der Waals surface area contributed by atoms with Gasteiger partial charge in [0.2, 0.25) is 0 Å². The number of para-hydroxylation sites is 2. The highest BCUT2D eigenvalue weighted by Gasteiger charge is 2.25. The molecule has 3 nitrogen and oxygen atoms in total. The van der Waals surface area contributed by atoms with Crippen LogP contribution in [-0.4, -0.2) is 20.3 Å². The van der Waals surface area contributed by atoms with Crippen molar-refractivity contribution in [2.24, 2.45) is 5.41 Å². The molecule has 0 aliphatic heterocycles. The second kappa shape index (κ2) is 8.15. The van der Waals surface area contributed by atoms with Crippen LogP contribution in [0.4, 0.5) is 4.39 Å². The molecule has 1 N–H and O–H groups in total. The summed E-state index contributed by atoms with van der Waals surface area (Å²) in [6.45, 7) is 7.69. The number of ether oxygens (including phenoxy) is 2. The molecule has 1 atom stereocenters. The summed E-state index contributed by atoms with van der Waals surface area (Å²) >= 11 is 0. The van der Waals surface area contributed by atoms with Gasteiger partial charge >= 0.3 is 0 Å². The molecule has 0 saturated heterocycles. The Kier molecular flexibility index (Phi) is 6.21. The van der Waals surface area contributed by atoms with Gasteiger partial charge in [-0.15, -0.1) is 0 Å². The maximum Gasteiger partial charge on any atom is 0.161 e. The third kappa shape index (κ3) is 4.96. The lowest BCUT2D eigenvalue weighted by Crippen LogP contribution is -2.34. The summed E-state index contributed by atoms with van der Waals surface area (Å²) in [4.78, 5) is 0. The number of methoxy groups -OCH3 is 1. The van der Waals surface area contributed by atoms with E-state index in [1.807, 2.05) is 36.4 Å². The van der Waals surface area contributed by atoms with Crippen molar-refractivity contribution in [2.45, 2.75) is 26.8 Å². The summed E-state index contributed by atoms with van der Waals surface area (Å²) in [5.74, 6) is 1.24. The van der Waals surface area contributed by atoms with Crippen LogP contribution in [0.15, 0.2) is 48.5 Å². The lowest BCUT2D eigenvalue weighted by molar-refractivity contribution is 0.240. The highest BCUT2D eigenvalue weighted by molar-refractivity contribution is 5.39. The van der Waals surface area contributed by atoms with Gasteiger partial charge in [-0.2, -0.15) is 0 Å². The minimum absolute atomic E-state index is 0.00225. The van der Waals surface area contributed by atoms with E-state index in [-0.39, 0.29) is 17.3 Å². The molecule has 130 valence electrons. The highest BCUT2D eigenvalue weighted by Crippen LogP contribution is 2.32. The molecule has 4 heteroatoms. The Morgan fingerprint density at radius 2 is 1.62 bits per heavy atom. The number of nitrogens with one attached hydrogen (secondary N) is 1. The van der Waals surface area contributed by atoms with Crippen LogP contribution in [-0.2, 0) is 0 Å². The molecule has 1 unspecified atom stereocenters. The van der Waals surface area contributed by atoms with Crippen molar-refractivity contribution in [1.82, 2.24) is 5.32 Å². The fourth-order valence-corrected chi connectivity index (χ4v) is 2.68. The van der Waals surface area contributed by atoms with Crippen molar-refractivity contribution in [3.05, 3.63) is 59.9 Å². The van der Waals surface area contributed by atoms with Gasteiger partial charge in [-0.05, 0) is 35.2 Å². The fourth-order valence-electron chi connectivity index (χ4n) is 2.68. The van der Waals surface area contributed by atoms with Crippen LogP contribution in [0.2, 0.25) is 0 Å². The molecule has 0 saturated carbocycles. The molecule has 0 bridgehead atoms. The monoisotopic (exact) mass is 331 g/mol. The summed E-state index contributed by atoms with van der Waals surface area (Å²) in [5.41, 5.74) is 1.07. The van der Waals surface area contributed by atoms with Crippen LogP contribution in [0.25, 0.3) is 0 Å². The van der Waals surface area contributed by atoms with Gasteiger partial charge in [0.15, 0.2) is 11.5 Å². The molecule has 0 amide bonds. The second-order valence-corrected chi connectivity index (χ2v) is 6.80. The van der Waals surface area contributed by atoms with E-state index in [1.165, 1.54) is 12.1 Å². The molecular formula is C20H26FNO2. The minimum atomic E-state index is -0.217. The van der Waals surface area contributed by atoms with Crippen molar-refractivity contribution < 1.29 is 13.9 Å². The predicted molar refractivity (Wildman–Crippen MR) is 95.1 cm³/mol. The van der Waals surface area contributed by atoms with E-state index in [1.54, 1.807) is 7.11 Å². The van der Waals surface area contributed by atoms with Crippen molar-refractivity contribution in [3.63, 3.8) is 0 Å².